The van der Waals surface area contributed by atoms with E-state index in [9.17, 15) is 18.8 Å². The van der Waals surface area contributed by atoms with Gasteiger partial charge < -0.3 is 10.0 Å². The van der Waals surface area contributed by atoms with Crippen LogP contribution in [0.5, 0.6) is 0 Å². The minimum absolute atomic E-state index is 0.0786. The molecule has 0 aromatic heterocycles. The monoisotopic (exact) mass is 375 g/mol. The predicted octanol–water partition coefficient (Wildman–Crippen LogP) is 2.67. The van der Waals surface area contributed by atoms with Crippen molar-refractivity contribution in [2.75, 3.05) is 11.4 Å². The van der Waals surface area contributed by atoms with Crippen LogP contribution in [0.4, 0.5) is 10.1 Å². The molecule has 8 heteroatoms. The van der Waals surface area contributed by atoms with E-state index in [1.54, 1.807) is 0 Å². The number of aromatic carboxylic acids is 1. The van der Waals surface area contributed by atoms with E-state index >= 15 is 0 Å². The van der Waals surface area contributed by atoms with Gasteiger partial charge in [-0.2, -0.15) is 0 Å². The van der Waals surface area contributed by atoms with Crippen molar-refractivity contribution in [1.29, 1.82) is 0 Å². The van der Waals surface area contributed by atoms with Crippen LogP contribution in [-0.2, 0) is 9.59 Å². The van der Waals surface area contributed by atoms with E-state index in [1.165, 1.54) is 19.1 Å². The van der Waals surface area contributed by atoms with Crippen LogP contribution < -0.4 is 4.90 Å². The van der Waals surface area contributed by atoms with Gasteiger partial charge in [-0.1, -0.05) is 11.8 Å². The first-order valence-corrected chi connectivity index (χ1v) is 7.67. The fourth-order valence-electron chi connectivity index (χ4n) is 2.18. The molecule has 1 aliphatic rings. The summed E-state index contributed by atoms with van der Waals surface area (Å²) in [6, 6.07) is 2.52. The van der Waals surface area contributed by atoms with Crippen molar-refractivity contribution in [2.45, 2.75) is 18.6 Å². The molecule has 1 N–H and O–H groups in total. The highest BCUT2D eigenvalue weighted by Crippen LogP contribution is 2.35. The van der Waals surface area contributed by atoms with E-state index in [-0.39, 0.29) is 39.1 Å². The average Bonchev–Trinajstić information content (AvgIpc) is 2.71. The van der Waals surface area contributed by atoms with Crippen molar-refractivity contribution in [2.24, 2.45) is 0 Å². The zero-order valence-corrected chi connectivity index (χ0v) is 13.3. The number of hydrogen-bond donors (Lipinski definition) is 1. The maximum absolute atomic E-state index is 14.3. The van der Waals surface area contributed by atoms with Crippen molar-refractivity contribution < 1.29 is 23.9 Å². The fourth-order valence-corrected chi connectivity index (χ4v) is 3.42. The van der Waals surface area contributed by atoms with Crippen LogP contribution in [0, 0.1) is 5.82 Å². The molecular weight excluding hydrogens is 365 g/mol. The fraction of sp³-hybridized carbons (Fsp3) is 0.308. The van der Waals surface area contributed by atoms with Crippen LogP contribution in [0.15, 0.2) is 16.6 Å². The maximum atomic E-state index is 14.3. The Labute approximate surface area is 132 Å². The Bertz CT molecular complexity index is 637. The smallest absolute Gasteiger partial charge is 0.337 e. The predicted molar refractivity (Wildman–Crippen MR) is 80.1 cm³/mol. The molecule has 0 saturated carbocycles. The van der Waals surface area contributed by atoms with Crippen LogP contribution in [0.25, 0.3) is 0 Å². The molecule has 1 unspecified atom stereocenters. The Kier molecular flexibility index (Phi) is 4.67. The highest BCUT2D eigenvalue weighted by atomic mass is 79.9. The quantitative estimate of drug-likeness (QED) is 0.878. The number of hydrogen-bond acceptors (Lipinski definition) is 4. The Balaban J connectivity index is 2.42. The zero-order valence-electron chi connectivity index (χ0n) is 10.9. The van der Waals surface area contributed by atoms with E-state index in [0.717, 1.165) is 16.7 Å². The lowest BCUT2D eigenvalue weighted by Crippen LogP contribution is -2.28. The molecule has 0 aliphatic carbocycles. The van der Waals surface area contributed by atoms with Crippen molar-refractivity contribution in [3.63, 3.8) is 0 Å². The normalized spacial score (nSPS) is 18.1. The summed E-state index contributed by atoms with van der Waals surface area (Å²) < 4.78 is 14.3. The van der Waals surface area contributed by atoms with E-state index < -0.39 is 17.7 Å². The van der Waals surface area contributed by atoms with Gasteiger partial charge in [-0.3, -0.25) is 9.59 Å². The standard InChI is InChI=1S/C13H11BrFNO4S/c1-6(17)21-7-4-10(18)16(5-7)12-8(13(19)20)2-3-9(14)11(12)15/h2-3,7H,4-5H2,1H3,(H,19,20). The Hall–Kier alpha value is -1.41. The molecule has 1 fully saturated rings. The van der Waals surface area contributed by atoms with Gasteiger partial charge in [0.1, 0.15) is 0 Å². The van der Waals surface area contributed by atoms with Gasteiger partial charge in [0.15, 0.2) is 10.9 Å². The summed E-state index contributed by atoms with van der Waals surface area (Å²) in [7, 11) is 0. The summed E-state index contributed by atoms with van der Waals surface area (Å²) in [5.74, 6) is -2.50. The molecule has 5 nitrogen and oxygen atoms in total. The van der Waals surface area contributed by atoms with Crippen molar-refractivity contribution in [1.82, 2.24) is 0 Å². The Morgan fingerprint density at radius 1 is 1.48 bits per heavy atom. The Morgan fingerprint density at radius 3 is 2.71 bits per heavy atom. The van der Waals surface area contributed by atoms with Crippen molar-refractivity contribution in [3.05, 3.63) is 28.0 Å². The first-order chi connectivity index (χ1) is 9.81. The topological polar surface area (TPSA) is 74.7 Å². The molecule has 0 spiro atoms. The summed E-state index contributed by atoms with van der Waals surface area (Å²) in [5.41, 5.74) is -0.536. The van der Waals surface area contributed by atoms with Crippen LogP contribution in [0.1, 0.15) is 23.7 Å². The molecule has 1 saturated heterocycles. The number of anilines is 1. The summed E-state index contributed by atoms with van der Waals surface area (Å²) in [4.78, 5) is 35.5. The molecule has 1 atom stereocenters. The molecular formula is C13H11BrFNO4S. The van der Waals surface area contributed by atoms with E-state index in [4.69, 9.17) is 5.11 Å². The number of carbonyl (C=O) groups excluding carboxylic acids is 2. The number of halogens is 2. The van der Waals surface area contributed by atoms with Gasteiger partial charge in [0.05, 0.1) is 15.7 Å². The van der Waals surface area contributed by atoms with Gasteiger partial charge in [0.25, 0.3) is 0 Å². The highest BCUT2D eigenvalue weighted by molar-refractivity contribution is 9.10. The van der Waals surface area contributed by atoms with Gasteiger partial charge in [0, 0.05) is 25.1 Å². The van der Waals surface area contributed by atoms with Crippen LogP contribution in [0.3, 0.4) is 0 Å². The first kappa shape index (κ1) is 16.0. The largest absolute Gasteiger partial charge is 0.478 e. The van der Waals surface area contributed by atoms with E-state index in [2.05, 4.69) is 15.9 Å². The minimum Gasteiger partial charge on any atom is -0.478 e. The third-order valence-electron chi connectivity index (χ3n) is 2.99. The number of thioether (sulfide) groups is 1. The second-order valence-electron chi connectivity index (χ2n) is 4.50. The number of rotatable bonds is 3. The minimum atomic E-state index is -1.31. The summed E-state index contributed by atoms with van der Waals surface area (Å²) in [5, 5.41) is 8.73. The summed E-state index contributed by atoms with van der Waals surface area (Å²) in [6.45, 7) is 1.50. The first-order valence-electron chi connectivity index (χ1n) is 6.00. The zero-order chi connectivity index (χ0) is 15.7. The third-order valence-corrected chi connectivity index (χ3v) is 4.58. The number of benzene rings is 1. The number of carboxylic acids is 1. The second-order valence-corrected chi connectivity index (χ2v) is 6.83. The molecule has 112 valence electrons. The van der Waals surface area contributed by atoms with Crippen LogP contribution >= 0.6 is 27.7 Å². The molecule has 1 amide bonds. The molecule has 1 aliphatic heterocycles. The lowest BCUT2D eigenvalue weighted by Gasteiger charge is -2.20. The number of carboxylic acid groups (broad SMARTS) is 1. The number of amides is 1. The lowest BCUT2D eigenvalue weighted by molar-refractivity contribution is -0.117. The van der Waals surface area contributed by atoms with Gasteiger partial charge >= 0.3 is 5.97 Å². The van der Waals surface area contributed by atoms with Gasteiger partial charge in [-0.25, -0.2) is 9.18 Å². The van der Waals surface area contributed by atoms with Gasteiger partial charge in [-0.15, -0.1) is 0 Å². The van der Waals surface area contributed by atoms with Gasteiger partial charge in [-0.05, 0) is 28.1 Å². The van der Waals surface area contributed by atoms with Crippen LogP contribution in [0.2, 0.25) is 0 Å². The van der Waals surface area contributed by atoms with E-state index in [1.807, 2.05) is 0 Å². The molecule has 1 heterocycles. The maximum Gasteiger partial charge on any atom is 0.337 e. The SMILES string of the molecule is CC(=O)SC1CC(=O)N(c2c(C(=O)O)ccc(Br)c2F)C1. The Morgan fingerprint density at radius 2 is 2.14 bits per heavy atom. The molecule has 0 radical (unpaired) electrons. The molecule has 21 heavy (non-hydrogen) atoms. The molecule has 2 rings (SSSR count). The van der Waals surface area contributed by atoms with E-state index in [0.29, 0.717) is 0 Å². The average molecular weight is 376 g/mol. The number of carbonyl (C=O) groups is 3. The summed E-state index contributed by atoms with van der Waals surface area (Å²) in [6.07, 6.45) is 0.0786. The summed E-state index contributed by atoms with van der Waals surface area (Å²) >= 11 is 3.99. The highest BCUT2D eigenvalue weighted by Gasteiger charge is 2.36. The van der Waals surface area contributed by atoms with Crippen LogP contribution in [-0.4, -0.2) is 33.9 Å². The van der Waals surface area contributed by atoms with Crippen molar-refractivity contribution >= 4 is 50.4 Å². The molecule has 0 bridgehead atoms. The number of nitrogens with zero attached hydrogens (tertiary/aromatic N) is 1. The lowest BCUT2D eigenvalue weighted by atomic mass is 10.1. The third kappa shape index (κ3) is 3.26. The van der Waals surface area contributed by atoms with Gasteiger partial charge in [0.2, 0.25) is 5.91 Å². The molecule has 1 aromatic carbocycles. The second kappa shape index (κ2) is 6.15. The molecule has 1 aromatic rings. The van der Waals surface area contributed by atoms with Crippen molar-refractivity contribution in [3.8, 4) is 0 Å².